The van der Waals surface area contributed by atoms with E-state index in [2.05, 4.69) is 20.8 Å². The smallest absolute Gasteiger partial charge is 0.129 e. The standard InChI is InChI=1S/C15H22O3/c1-11(2)15-7-6-14(3,18-15)13(9-15)17-10-12-5-4-8-16-12/h4-5,8,11,13H,6-7,9-10H2,1-3H3. The molecule has 2 fully saturated rings. The summed E-state index contributed by atoms with van der Waals surface area (Å²) in [5.74, 6) is 1.44. The van der Waals surface area contributed by atoms with Gasteiger partial charge in [-0.3, -0.25) is 0 Å². The maximum absolute atomic E-state index is 6.34. The number of fused-ring (bicyclic) bond motifs is 2. The molecule has 1 aromatic rings. The monoisotopic (exact) mass is 250 g/mol. The molecule has 2 saturated heterocycles. The van der Waals surface area contributed by atoms with Crippen LogP contribution in [0.5, 0.6) is 0 Å². The zero-order valence-corrected chi connectivity index (χ0v) is 11.4. The molecule has 0 aliphatic carbocycles. The van der Waals surface area contributed by atoms with Crippen LogP contribution in [0.3, 0.4) is 0 Å². The molecule has 3 heteroatoms. The fourth-order valence-electron chi connectivity index (χ4n) is 3.38. The van der Waals surface area contributed by atoms with Gasteiger partial charge in [0.2, 0.25) is 0 Å². The summed E-state index contributed by atoms with van der Waals surface area (Å²) in [4.78, 5) is 0. The molecule has 3 rings (SSSR count). The highest BCUT2D eigenvalue weighted by Gasteiger charge is 2.60. The first-order chi connectivity index (χ1) is 8.54. The van der Waals surface area contributed by atoms with Gasteiger partial charge in [0.05, 0.1) is 23.6 Å². The van der Waals surface area contributed by atoms with Crippen molar-refractivity contribution in [2.75, 3.05) is 0 Å². The number of ether oxygens (including phenoxy) is 2. The first kappa shape index (κ1) is 12.2. The van der Waals surface area contributed by atoms with Crippen molar-refractivity contribution in [2.24, 2.45) is 5.92 Å². The van der Waals surface area contributed by atoms with E-state index in [0.29, 0.717) is 12.5 Å². The van der Waals surface area contributed by atoms with Crippen molar-refractivity contribution in [1.29, 1.82) is 0 Å². The van der Waals surface area contributed by atoms with Crippen LogP contribution in [0.1, 0.15) is 45.8 Å². The Morgan fingerprint density at radius 3 is 2.89 bits per heavy atom. The Kier molecular flexibility index (Phi) is 2.79. The van der Waals surface area contributed by atoms with Gasteiger partial charge in [0.15, 0.2) is 0 Å². The van der Waals surface area contributed by atoms with Gasteiger partial charge in [-0.05, 0) is 37.8 Å². The molecule has 100 valence electrons. The molecular weight excluding hydrogens is 228 g/mol. The third kappa shape index (κ3) is 1.81. The summed E-state index contributed by atoms with van der Waals surface area (Å²) in [7, 11) is 0. The number of rotatable bonds is 4. The molecule has 2 aliphatic heterocycles. The van der Waals surface area contributed by atoms with Crippen molar-refractivity contribution in [1.82, 2.24) is 0 Å². The van der Waals surface area contributed by atoms with E-state index < -0.39 is 0 Å². The van der Waals surface area contributed by atoms with E-state index in [-0.39, 0.29) is 17.3 Å². The van der Waals surface area contributed by atoms with Crippen LogP contribution in [0, 0.1) is 5.92 Å². The molecular formula is C15H22O3. The number of furan rings is 1. The molecule has 0 N–H and O–H groups in total. The molecule has 0 aromatic carbocycles. The molecule has 18 heavy (non-hydrogen) atoms. The van der Waals surface area contributed by atoms with E-state index in [1.165, 1.54) is 6.42 Å². The SMILES string of the molecule is CC(C)C12CCC(C)(O1)C(OCc1ccco1)C2. The molecule has 0 spiro atoms. The van der Waals surface area contributed by atoms with Gasteiger partial charge >= 0.3 is 0 Å². The third-order valence-corrected chi connectivity index (χ3v) is 4.75. The molecule has 0 radical (unpaired) electrons. The maximum atomic E-state index is 6.34. The molecule has 1 aromatic heterocycles. The largest absolute Gasteiger partial charge is 0.467 e. The van der Waals surface area contributed by atoms with E-state index in [1.807, 2.05) is 12.1 Å². The molecule has 0 saturated carbocycles. The normalized spacial score (nSPS) is 38.8. The fraction of sp³-hybridized carbons (Fsp3) is 0.733. The van der Waals surface area contributed by atoms with Gasteiger partial charge in [0.1, 0.15) is 12.4 Å². The lowest BCUT2D eigenvalue weighted by Crippen LogP contribution is -2.38. The Morgan fingerprint density at radius 1 is 1.44 bits per heavy atom. The summed E-state index contributed by atoms with van der Waals surface area (Å²) >= 11 is 0. The van der Waals surface area contributed by atoms with Crippen molar-refractivity contribution >= 4 is 0 Å². The summed E-state index contributed by atoms with van der Waals surface area (Å²) in [6.45, 7) is 7.24. The van der Waals surface area contributed by atoms with Gasteiger partial charge < -0.3 is 13.9 Å². The van der Waals surface area contributed by atoms with E-state index in [9.17, 15) is 0 Å². The average Bonchev–Trinajstić information content (AvgIpc) is 2.98. The van der Waals surface area contributed by atoms with Gasteiger partial charge in [0, 0.05) is 6.42 Å². The Hall–Kier alpha value is -0.800. The molecule has 2 bridgehead atoms. The summed E-state index contributed by atoms with van der Waals surface area (Å²) < 4.78 is 17.7. The van der Waals surface area contributed by atoms with Gasteiger partial charge in [-0.15, -0.1) is 0 Å². The van der Waals surface area contributed by atoms with Crippen molar-refractivity contribution in [2.45, 2.75) is 63.9 Å². The summed E-state index contributed by atoms with van der Waals surface area (Å²) in [5, 5.41) is 0. The maximum Gasteiger partial charge on any atom is 0.129 e. The van der Waals surface area contributed by atoms with Crippen LogP contribution in [-0.4, -0.2) is 17.3 Å². The molecule has 2 aliphatic rings. The van der Waals surface area contributed by atoms with Crippen LogP contribution in [0.15, 0.2) is 22.8 Å². The molecule has 3 nitrogen and oxygen atoms in total. The van der Waals surface area contributed by atoms with Crippen molar-refractivity contribution < 1.29 is 13.9 Å². The van der Waals surface area contributed by atoms with Crippen LogP contribution in [0.2, 0.25) is 0 Å². The van der Waals surface area contributed by atoms with Gasteiger partial charge in [-0.25, -0.2) is 0 Å². The van der Waals surface area contributed by atoms with Crippen LogP contribution in [0.4, 0.5) is 0 Å². The van der Waals surface area contributed by atoms with Crippen molar-refractivity contribution in [3.05, 3.63) is 24.2 Å². The summed E-state index contributed by atoms with van der Waals surface area (Å²) in [5.41, 5.74) is -0.0561. The van der Waals surface area contributed by atoms with Crippen molar-refractivity contribution in [3.63, 3.8) is 0 Å². The van der Waals surface area contributed by atoms with E-state index in [0.717, 1.165) is 18.6 Å². The van der Waals surface area contributed by atoms with Gasteiger partial charge in [-0.2, -0.15) is 0 Å². The first-order valence-corrected chi connectivity index (χ1v) is 6.88. The second-order valence-electron chi connectivity index (χ2n) is 6.22. The summed E-state index contributed by atoms with van der Waals surface area (Å²) in [6, 6.07) is 3.85. The van der Waals surface area contributed by atoms with Crippen LogP contribution >= 0.6 is 0 Å². The van der Waals surface area contributed by atoms with E-state index in [4.69, 9.17) is 13.9 Å². The van der Waals surface area contributed by atoms with Gasteiger partial charge in [-0.1, -0.05) is 13.8 Å². The quantitative estimate of drug-likeness (QED) is 0.819. The minimum atomic E-state index is -0.100. The number of hydrogen-bond acceptors (Lipinski definition) is 3. The van der Waals surface area contributed by atoms with Crippen molar-refractivity contribution in [3.8, 4) is 0 Å². The second kappa shape index (κ2) is 4.10. The zero-order valence-electron chi connectivity index (χ0n) is 11.4. The lowest BCUT2D eigenvalue weighted by atomic mass is 9.75. The average molecular weight is 250 g/mol. The van der Waals surface area contributed by atoms with Crippen LogP contribution < -0.4 is 0 Å². The zero-order chi connectivity index (χ0) is 12.8. The van der Waals surface area contributed by atoms with E-state index in [1.54, 1.807) is 6.26 Å². The minimum absolute atomic E-state index is 0.0442. The third-order valence-electron chi connectivity index (χ3n) is 4.75. The predicted molar refractivity (Wildman–Crippen MR) is 68.2 cm³/mol. The molecule has 3 unspecified atom stereocenters. The molecule has 3 heterocycles. The number of hydrogen-bond donors (Lipinski definition) is 0. The first-order valence-electron chi connectivity index (χ1n) is 6.88. The summed E-state index contributed by atoms with van der Waals surface area (Å²) in [6.07, 6.45) is 5.17. The highest BCUT2D eigenvalue weighted by Crippen LogP contribution is 2.55. The molecule has 0 amide bonds. The Labute approximate surface area is 108 Å². The van der Waals surface area contributed by atoms with E-state index >= 15 is 0 Å². The molecule has 3 atom stereocenters. The Balaban J connectivity index is 1.68. The highest BCUT2D eigenvalue weighted by atomic mass is 16.6. The topological polar surface area (TPSA) is 31.6 Å². The van der Waals surface area contributed by atoms with Gasteiger partial charge in [0.25, 0.3) is 0 Å². The predicted octanol–water partition coefficient (Wildman–Crippen LogP) is 3.53. The second-order valence-corrected chi connectivity index (χ2v) is 6.22. The lowest BCUT2D eigenvalue weighted by molar-refractivity contribution is -0.0975. The highest BCUT2D eigenvalue weighted by molar-refractivity contribution is 5.10. The Morgan fingerprint density at radius 2 is 2.28 bits per heavy atom. The lowest BCUT2D eigenvalue weighted by Gasteiger charge is -2.31. The van der Waals surface area contributed by atoms with Crippen LogP contribution in [-0.2, 0) is 16.1 Å². The fourth-order valence-corrected chi connectivity index (χ4v) is 3.38. The van der Waals surface area contributed by atoms with Crippen LogP contribution in [0.25, 0.3) is 0 Å². The minimum Gasteiger partial charge on any atom is -0.467 e. The Bertz CT molecular complexity index is 411.